The lowest BCUT2D eigenvalue weighted by Crippen LogP contribution is -2.14. The van der Waals surface area contributed by atoms with Crippen molar-refractivity contribution in [3.63, 3.8) is 0 Å². The van der Waals surface area contributed by atoms with Crippen LogP contribution in [0.5, 0.6) is 0 Å². The van der Waals surface area contributed by atoms with Crippen LogP contribution in [0, 0.1) is 5.92 Å². The van der Waals surface area contributed by atoms with Gasteiger partial charge in [-0.25, -0.2) is 0 Å². The molecule has 24 heavy (non-hydrogen) atoms. The zero-order valence-electron chi connectivity index (χ0n) is 15.3. The fourth-order valence-corrected chi connectivity index (χ4v) is 2.80. The van der Waals surface area contributed by atoms with Gasteiger partial charge in [0.1, 0.15) is 0 Å². The molecule has 2 unspecified atom stereocenters. The van der Waals surface area contributed by atoms with Crippen LogP contribution in [0.1, 0.15) is 49.5 Å². The normalized spacial score (nSPS) is 13.6. The maximum atomic E-state index is 6.22. The Balaban J connectivity index is 1.93. The molecule has 0 spiro atoms. The Morgan fingerprint density at radius 2 is 1.62 bits per heavy atom. The highest BCUT2D eigenvalue weighted by Gasteiger charge is 2.11. The highest BCUT2D eigenvalue weighted by molar-refractivity contribution is 5.23. The maximum absolute atomic E-state index is 6.22. The predicted molar refractivity (Wildman–Crippen MR) is 102 cm³/mol. The van der Waals surface area contributed by atoms with Gasteiger partial charge in [0.05, 0.1) is 12.7 Å². The van der Waals surface area contributed by atoms with Crippen LogP contribution in [0.25, 0.3) is 0 Å². The molecular formula is C22H31NO. The Kier molecular flexibility index (Phi) is 8.00. The lowest BCUT2D eigenvalue weighted by Gasteiger charge is -2.18. The first kappa shape index (κ1) is 18.7. The lowest BCUT2D eigenvalue weighted by atomic mass is 9.98. The molecule has 0 aliphatic heterocycles. The summed E-state index contributed by atoms with van der Waals surface area (Å²) < 4.78 is 6.22. The van der Waals surface area contributed by atoms with Gasteiger partial charge in [-0.15, -0.1) is 0 Å². The van der Waals surface area contributed by atoms with Crippen LogP contribution < -0.4 is 5.32 Å². The van der Waals surface area contributed by atoms with Gasteiger partial charge in [0.15, 0.2) is 0 Å². The molecule has 0 bridgehead atoms. The van der Waals surface area contributed by atoms with Crippen molar-refractivity contribution in [1.82, 2.24) is 5.32 Å². The summed E-state index contributed by atoms with van der Waals surface area (Å²) in [4.78, 5) is 0. The van der Waals surface area contributed by atoms with E-state index in [0.29, 0.717) is 6.61 Å². The van der Waals surface area contributed by atoms with Crippen LogP contribution in [0.3, 0.4) is 0 Å². The SMILES string of the molecule is CCC(C)Cc1ccc(COC(CCNC)c2ccccc2)cc1. The molecule has 0 radical (unpaired) electrons. The van der Waals surface area contributed by atoms with E-state index in [1.54, 1.807) is 0 Å². The molecule has 0 aromatic heterocycles. The molecule has 0 fully saturated rings. The van der Waals surface area contributed by atoms with Crippen LogP contribution >= 0.6 is 0 Å². The van der Waals surface area contributed by atoms with Crippen molar-refractivity contribution in [3.8, 4) is 0 Å². The summed E-state index contributed by atoms with van der Waals surface area (Å²) in [5, 5.41) is 3.22. The molecule has 0 aliphatic carbocycles. The minimum absolute atomic E-state index is 0.137. The van der Waals surface area contributed by atoms with Gasteiger partial charge in [0, 0.05) is 0 Å². The molecule has 2 nitrogen and oxygen atoms in total. The molecule has 1 N–H and O–H groups in total. The van der Waals surface area contributed by atoms with Gasteiger partial charge >= 0.3 is 0 Å². The van der Waals surface area contributed by atoms with Gasteiger partial charge < -0.3 is 10.1 Å². The van der Waals surface area contributed by atoms with E-state index in [4.69, 9.17) is 4.74 Å². The van der Waals surface area contributed by atoms with Gasteiger partial charge in [-0.3, -0.25) is 0 Å². The van der Waals surface area contributed by atoms with E-state index in [1.807, 2.05) is 7.05 Å². The fraction of sp³-hybridized carbons (Fsp3) is 0.455. The third-order valence-electron chi connectivity index (χ3n) is 4.58. The minimum atomic E-state index is 0.137. The largest absolute Gasteiger partial charge is 0.369 e. The van der Waals surface area contributed by atoms with Crippen LogP contribution in [-0.2, 0) is 17.8 Å². The number of hydrogen-bond donors (Lipinski definition) is 1. The molecular weight excluding hydrogens is 294 g/mol. The Morgan fingerprint density at radius 1 is 0.958 bits per heavy atom. The zero-order chi connectivity index (χ0) is 17.2. The number of benzene rings is 2. The molecule has 0 aliphatic rings. The van der Waals surface area contributed by atoms with Crippen molar-refractivity contribution in [2.75, 3.05) is 13.6 Å². The number of ether oxygens (including phenoxy) is 1. The van der Waals surface area contributed by atoms with Crippen molar-refractivity contribution in [2.45, 2.75) is 45.8 Å². The smallest absolute Gasteiger partial charge is 0.0841 e. The van der Waals surface area contributed by atoms with Crippen molar-refractivity contribution in [1.29, 1.82) is 0 Å². The second-order valence-electron chi connectivity index (χ2n) is 6.64. The maximum Gasteiger partial charge on any atom is 0.0841 e. The molecule has 0 amide bonds. The number of rotatable bonds is 10. The van der Waals surface area contributed by atoms with Gasteiger partial charge in [0.2, 0.25) is 0 Å². The first-order chi connectivity index (χ1) is 11.7. The highest BCUT2D eigenvalue weighted by Crippen LogP contribution is 2.22. The average Bonchev–Trinajstić information content (AvgIpc) is 2.63. The monoisotopic (exact) mass is 325 g/mol. The Hall–Kier alpha value is -1.64. The predicted octanol–water partition coefficient (Wildman–Crippen LogP) is 5.14. The third kappa shape index (κ3) is 6.10. The zero-order valence-corrected chi connectivity index (χ0v) is 15.3. The Labute approximate surface area is 147 Å². The highest BCUT2D eigenvalue weighted by atomic mass is 16.5. The van der Waals surface area contributed by atoms with Crippen LogP contribution in [0.15, 0.2) is 54.6 Å². The van der Waals surface area contributed by atoms with E-state index in [9.17, 15) is 0 Å². The van der Waals surface area contributed by atoms with Crippen molar-refractivity contribution in [3.05, 3.63) is 71.3 Å². The molecule has 2 aromatic carbocycles. The number of hydrogen-bond acceptors (Lipinski definition) is 2. The van der Waals surface area contributed by atoms with E-state index in [-0.39, 0.29) is 6.10 Å². The fourth-order valence-electron chi connectivity index (χ4n) is 2.80. The van der Waals surface area contributed by atoms with Crippen LogP contribution in [-0.4, -0.2) is 13.6 Å². The lowest BCUT2D eigenvalue weighted by molar-refractivity contribution is 0.0344. The summed E-state index contributed by atoms with van der Waals surface area (Å²) in [6.45, 7) is 6.17. The Bertz CT molecular complexity index is 564. The van der Waals surface area contributed by atoms with E-state index in [1.165, 1.54) is 23.1 Å². The van der Waals surface area contributed by atoms with Gasteiger partial charge in [-0.2, -0.15) is 0 Å². The number of nitrogens with one attached hydrogen (secondary N) is 1. The van der Waals surface area contributed by atoms with Crippen molar-refractivity contribution < 1.29 is 4.74 Å². The molecule has 0 saturated heterocycles. The van der Waals surface area contributed by atoms with Crippen LogP contribution in [0.4, 0.5) is 0 Å². The molecule has 130 valence electrons. The van der Waals surface area contributed by atoms with Crippen molar-refractivity contribution in [2.24, 2.45) is 5.92 Å². The quantitative estimate of drug-likeness (QED) is 0.653. The van der Waals surface area contributed by atoms with Crippen molar-refractivity contribution >= 4 is 0 Å². The van der Waals surface area contributed by atoms with Gasteiger partial charge in [-0.1, -0.05) is 74.9 Å². The van der Waals surface area contributed by atoms with E-state index in [0.717, 1.165) is 25.3 Å². The molecule has 0 heterocycles. The molecule has 2 heteroatoms. The minimum Gasteiger partial charge on any atom is -0.369 e. The molecule has 2 atom stereocenters. The third-order valence-corrected chi connectivity index (χ3v) is 4.58. The average molecular weight is 325 g/mol. The standard InChI is InChI=1S/C22H31NO/c1-4-18(2)16-19-10-12-20(13-11-19)17-24-22(14-15-23-3)21-8-6-5-7-9-21/h5-13,18,22-23H,4,14-17H2,1-3H3. The van der Waals surface area contributed by atoms with Gasteiger partial charge in [-0.05, 0) is 49.0 Å². The second kappa shape index (κ2) is 10.3. The first-order valence-corrected chi connectivity index (χ1v) is 9.11. The summed E-state index contributed by atoms with van der Waals surface area (Å²) in [6.07, 6.45) is 3.51. The summed E-state index contributed by atoms with van der Waals surface area (Å²) in [5.74, 6) is 0.746. The van der Waals surface area contributed by atoms with Gasteiger partial charge in [0.25, 0.3) is 0 Å². The van der Waals surface area contributed by atoms with Crippen LogP contribution in [0.2, 0.25) is 0 Å². The summed E-state index contributed by atoms with van der Waals surface area (Å²) in [7, 11) is 1.98. The summed E-state index contributed by atoms with van der Waals surface area (Å²) in [6, 6.07) is 19.4. The molecule has 0 saturated carbocycles. The molecule has 2 rings (SSSR count). The summed E-state index contributed by atoms with van der Waals surface area (Å²) >= 11 is 0. The van der Waals surface area contributed by atoms with E-state index < -0.39 is 0 Å². The van der Waals surface area contributed by atoms with E-state index >= 15 is 0 Å². The summed E-state index contributed by atoms with van der Waals surface area (Å²) in [5.41, 5.74) is 3.91. The molecule has 2 aromatic rings. The topological polar surface area (TPSA) is 21.3 Å². The Morgan fingerprint density at radius 3 is 2.25 bits per heavy atom. The van der Waals surface area contributed by atoms with E-state index in [2.05, 4.69) is 73.8 Å². The second-order valence-corrected chi connectivity index (χ2v) is 6.64. The first-order valence-electron chi connectivity index (χ1n) is 9.11.